The van der Waals surface area contributed by atoms with Gasteiger partial charge in [-0.05, 0) is 52.2 Å². The van der Waals surface area contributed by atoms with Gasteiger partial charge in [0, 0.05) is 23.9 Å². The molecule has 1 saturated heterocycles. The predicted octanol–water partition coefficient (Wildman–Crippen LogP) is 1.31. The number of hydrogen-bond donors (Lipinski definition) is 1. The minimum absolute atomic E-state index is 0.251. The Hall–Kier alpha value is -0.930. The van der Waals surface area contributed by atoms with Crippen molar-refractivity contribution in [2.75, 3.05) is 27.2 Å². The number of piperidine rings is 1. The lowest BCUT2D eigenvalue weighted by atomic mass is 9.83. The van der Waals surface area contributed by atoms with Crippen molar-refractivity contribution in [1.82, 2.24) is 15.2 Å². The van der Waals surface area contributed by atoms with Gasteiger partial charge in [-0.15, -0.1) is 0 Å². The largest absolute Gasteiger partial charge is 0.314 e. The number of likely N-dealkylation sites (N-methyl/N-ethyl adjacent to an activating group) is 1. The Morgan fingerprint density at radius 1 is 1.38 bits per heavy atom. The van der Waals surface area contributed by atoms with E-state index in [1.54, 1.807) is 0 Å². The Morgan fingerprint density at radius 3 is 2.69 bits per heavy atom. The topological polar surface area (TPSA) is 28.2 Å². The van der Waals surface area contributed by atoms with Crippen LogP contribution in [0.2, 0.25) is 0 Å². The molecule has 3 heteroatoms. The molecule has 0 unspecified atom stereocenters. The molecule has 0 radical (unpaired) electrons. The summed E-state index contributed by atoms with van der Waals surface area (Å²) >= 11 is 0. The van der Waals surface area contributed by atoms with Crippen molar-refractivity contribution in [3.8, 4) is 0 Å². The molecule has 2 heterocycles. The van der Waals surface area contributed by atoms with E-state index in [1.807, 2.05) is 12.3 Å². The number of pyridine rings is 1. The standard InChI is InChI=1S/C13H21N3/c1-14-13(6-9-16(2)10-7-13)11-12-5-3-4-8-15-12/h3-5,8,14H,6-7,9-11H2,1-2H3. The zero-order chi connectivity index (χ0) is 11.4. The predicted molar refractivity (Wildman–Crippen MR) is 66.5 cm³/mol. The van der Waals surface area contributed by atoms with E-state index in [9.17, 15) is 0 Å². The average molecular weight is 219 g/mol. The lowest BCUT2D eigenvalue weighted by molar-refractivity contribution is 0.163. The summed E-state index contributed by atoms with van der Waals surface area (Å²) in [6, 6.07) is 6.17. The maximum Gasteiger partial charge on any atom is 0.0421 e. The maximum atomic E-state index is 4.43. The highest BCUT2D eigenvalue weighted by Gasteiger charge is 2.32. The molecule has 88 valence electrons. The average Bonchev–Trinajstić information content (AvgIpc) is 2.34. The fourth-order valence-corrected chi connectivity index (χ4v) is 2.41. The minimum atomic E-state index is 0.251. The van der Waals surface area contributed by atoms with Gasteiger partial charge in [0.25, 0.3) is 0 Å². The number of rotatable bonds is 3. The molecule has 1 aliphatic rings. The first kappa shape index (κ1) is 11.6. The molecule has 0 atom stereocenters. The summed E-state index contributed by atoms with van der Waals surface area (Å²) in [4.78, 5) is 6.83. The number of nitrogens with zero attached hydrogens (tertiary/aromatic N) is 2. The van der Waals surface area contributed by atoms with Gasteiger partial charge in [-0.2, -0.15) is 0 Å². The van der Waals surface area contributed by atoms with E-state index in [-0.39, 0.29) is 5.54 Å². The Kier molecular flexibility index (Phi) is 3.56. The van der Waals surface area contributed by atoms with Crippen LogP contribution in [0.3, 0.4) is 0 Å². The van der Waals surface area contributed by atoms with Gasteiger partial charge in [-0.25, -0.2) is 0 Å². The molecule has 0 aliphatic carbocycles. The molecular formula is C13H21N3. The highest BCUT2D eigenvalue weighted by molar-refractivity contribution is 5.09. The van der Waals surface area contributed by atoms with Crippen LogP contribution in [-0.2, 0) is 6.42 Å². The van der Waals surface area contributed by atoms with Crippen LogP contribution in [0.1, 0.15) is 18.5 Å². The molecule has 1 N–H and O–H groups in total. The van der Waals surface area contributed by atoms with Crippen molar-refractivity contribution >= 4 is 0 Å². The molecular weight excluding hydrogens is 198 g/mol. The van der Waals surface area contributed by atoms with Crippen LogP contribution in [-0.4, -0.2) is 42.6 Å². The lowest BCUT2D eigenvalue weighted by Gasteiger charge is -2.40. The van der Waals surface area contributed by atoms with Crippen LogP contribution >= 0.6 is 0 Å². The van der Waals surface area contributed by atoms with E-state index in [1.165, 1.54) is 31.6 Å². The monoisotopic (exact) mass is 219 g/mol. The Balaban J connectivity index is 2.05. The van der Waals surface area contributed by atoms with Gasteiger partial charge in [-0.1, -0.05) is 6.07 Å². The van der Waals surface area contributed by atoms with E-state index in [4.69, 9.17) is 0 Å². The summed E-state index contributed by atoms with van der Waals surface area (Å²) < 4.78 is 0. The van der Waals surface area contributed by atoms with Gasteiger partial charge < -0.3 is 10.2 Å². The summed E-state index contributed by atoms with van der Waals surface area (Å²) in [7, 11) is 4.27. The fraction of sp³-hybridized carbons (Fsp3) is 0.615. The first-order chi connectivity index (χ1) is 7.74. The Bertz CT molecular complexity index is 315. The Morgan fingerprint density at radius 2 is 2.12 bits per heavy atom. The zero-order valence-electron chi connectivity index (χ0n) is 10.2. The van der Waals surface area contributed by atoms with Gasteiger partial charge in [-0.3, -0.25) is 4.98 Å². The minimum Gasteiger partial charge on any atom is -0.314 e. The third-order valence-corrected chi connectivity index (χ3v) is 3.72. The second kappa shape index (κ2) is 4.93. The molecule has 0 aromatic carbocycles. The van der Waals surface area contributed by atoms with Gasteiger partial charge in [0.2, 0.25) is 0 Å². The van der Waals surface area contributed by atoms with Crippen LogP contribution in [0.15, 0.2) is 24.4 Å². The van der Waals surface area contributed by atoms with Crippen molar-refractivity contribution < 1.29 is 0 Å². The lowest BCUT2D eigenvalue weighted by Crippen LogP contribution is -2.52. The van der Waals surface area contributed by atoms with Crippen molar-refractivity contribution in [2.24, 2.45) is 0 Å². The van der Waals surface area contributed by atoms with Crippen LogP contribution in [0.25, 0.3) is 0 Å². The van der Waals surface area contributed by atoms with Gasteiger partial charge in [0.1, 0.15) is 0 Å². The molecule has 2 rings (SSSR count). The summed E-state index contributed by atoms with van der Waals surface area (Å²) in [5, 5.41) is 3.52. The highest BCUT2D eigenvalue weighted by atomic mass is 15.1. The zero-order valence-corrected chi connectivity index (χ0v) is 10.2. The third-order valence-electron chi connectivity index (χ3n) is 3.72. The van der Waals surface area contributed by atoms with Crippen molar-refractivity contribution in [2.45, 2.75) is 24.8 Å². The van der Waals surface area contributed by atoms with Crippen LogP contribution in [0.5, 0.6) is 0 Å². The molecule has 0 amide bonds. The molecule has 1 aromatic heterocycles. The van der Waals surface area contributed by atoms with Gasteiger partial charge in [0.15, 0.2) is 0 Å². The van der Waals surface area contributed by atoms with Crippen molar-refractivity contribution in [1.29, 1.82) is 0 Å². The van der Waals surface area contributed by atoms with Gasteiger partial charge >= 0.3 is 0 Å². The number of aromatic nitrogens is 1. The summed E-state index contributed by atoms with van der Waals surface area (Å²) in [5.74, 6) is 0. The third kappa shape index (κ3) is 2.60. The first-order valence-electron chi connectivity index (χ1n) is 6.01. The van der Waals surface area contributed by atoms with E-state index in [0.717, 1.165) is 6.42 Å². The molecule has 16 heavy (non-hydrogen) atoms. The smallest absolute Gasteiger partial charge is 0.0421 e. The van der Waals surface area contributed by atoms with Crippen molar-refractivity contribution in [3.63, 3.8) is 0 Å². The van der Waals surface area contributed by atoms with E-state index < -0.39 is 0 Å². The van der Waals surface area contributed by atoms with Crippen molar-refractivity contribution in [3.05, 3.63) is 30.1 Å². The SMILES string of the molecule is CNC1(Cc2ccccn2)CCN(C)CC1. The molecule has 3 nitrogen and oxygen atoms in total. The second-order valence-electron chi connectivity index (χ2n) is 4.83. The van der Waals surface area contributed by atoms with Crippen LogP contribution in [0, 0.1) is 0 Å². The molecule has 1 aliphatic heterocycles. The number of likely N-dealkylation sites (tertiary alicyclic amines) is 1. The molecule has 0 saturated carbocycles. The molecule has 1 fully saturated rings. The van der Waals surface area contributed by atoms with E-state index in [2.05, 4.69) is 41.4 Å². The molecule has 1 aromatic rings. The molecule has 0 bridgehead atoms. The van der Waals surface area contributed by atoms with Crippen LogP contribution in [0.4, 0.5) is 0 Å². The second-order valence-corrected chi connectivity index (χ2v) is 4.83. The normalized spacial score (nSPS) is 20.9. The number of nitrogens with one attached hydrogen (secondary N) is 1. The fourth-order valence-electron chi connectivity index (χ4n) is 2.41. The van der Waals surface area contributed by atoms with E-state index in [0.29, 0.717) is 0 Å². The van der Waals surface area contributed by atoms with E-state index >= 15 is 0 Å². The quantitative estimate of drug-likeness (QED) is 0.831. The Labute approximate surface area is 97.9 Å². The maximum absolute atomic E-state index is 4.43. The first-order valence-corrected chi connectivity index (χ1v) is 6.01. The summed E-state index contributed by atoms with van der Waals surface area (Å²) in [6.07, 6.45) is 5.33. The van der Waals surface area contributed by atoms with Crippen LogP contribution < -0.4 is 5.32 Å². The highest BCUT2D eigenvalue weighted by Crippen LogP contribution is 2.24. The summed E-state index contributed by atoms with van der Waals surface area (Å²) in [5.41, 5.74) is 1.45. The number of hydrogen-bond acceptors (Lipinski definition) is 3. The molecule has 0 spiro atoms. The van der Waals surface area contributed by atoms with Gasteiger partial charge in [0.05, 0.1) is 0 Å². The summed E-state index contributed by atoms with van der Waals surface area (Å²) in [6.45, 7) is 2.35.